The third-order valence-electron chi connectivity index (χ3n) is 4.46. The monoisotopic (exact) mass is 382 g/mol. The molecule has 0 radical (unpaired) electrons. The molecule has 6 nitrogen and oxygen atoms in total. The van der Waals surface area contributed by atoms with Crippen molar-refractivity contribution in [2.75, 3.05) is 10.6 Å². The van der Waals surface area contributed by atoms with Crippen molar-refractivity contribution in [1.29, 1.82) is 0 Å². The van der Waals surface area contributed by atoms with Gasteiger partial charge in [0.15, 0.2) is 0 Å². The summed E-state index contributed by atoms with van der Waals surface area (Å²) in [5, 5.41) is 5.65. The number of fused-ring (bicyclic) bond motifs is 1. The average Bonchev–Trinajstić information content (AvgIpc) is 2.72. The van der Waals surface area contributed by atoms with Gasteiger partial charge in [0.2, 0.25) is 5.91 Å². The molecule has 3 aromatic rings. The van der Waals surface area contributed by atoms with E-state index in [9.17, 15) is 9.59 Å². The highest BCUT2D eigenvalue weighted by atomic mass is 16.2. The van der Waals surface area contributed by atoms with Gasteiger partial charge in [-0.2, -0.15) is 0 Å². The number of hydrogen-bond acceptors (Lipinski definition) is 4. The first kappa shape index (κ1) is 18.4. The lowest BCUT2D eigenvalue weighted by Gasteiger charge is -2.17. The zero-order valence-electron chi connectivity index (χ0n) is 15.8. The number of benzene rings is 1. The summed E-state index contributed by atoms with van der Waals surface area (Å²) in [7, 11) is 0. The van der Waals surface area contributed by atoms with Gasteiger partial charge in [-0.25, -0.2) is 9.97 Å². The number of carbonyl (C=O) groups is 2. The van der Waals surface area contributed by atoms with Gasteiger partial charge < -0.3 is 10.6 Å². The van der Waals surface area contributed by atoms with Crippen molar-refractivity contribution in [3.05, 3.63) is 82.8 Å². The van der Waals surface area contributed by atoms with Crippen LogP contribution >= 0.6 is 0 Å². The van der Waals surface area contributed by atoms with Crippen LogP contribution < -0.4 is 10.6 Å². The van der Waals surface area contributed by atoms with E-state index in [-0.39, 0.29) is 11.8 Å². The van der Waals surface area contributed by atoms with E-state index in [1.165, 1.54) is 0 Å². The molecule has 1 aliphatic rings. The highest BCUT2D eigenvalue weighted by molar-refractivity contribution is 6.05. The molecule has 0 bridgehead atoms. The first-order valence-corrected chi connectivity index (χ1v) is 9.23. The molecule has 0 saturated heterocycles. The fraction of sp³-hybridized carbons (Fsp3) is 0.130. The molecular formula is C23H18N4O2. The average molecular weight is 382 g/mol. The van der Waals surface area contributed by atoms with E-state index in [1.54, 1.807) is 24.4 Å². The van der Waals surface area contributed by atoms with E-state index in [2.05, 4.69) is 32.4 Å². The van der Waals surface area contributed by atoms with E-state index in [0.717, 1.165) is 16.8 Å². The molecule has 1 aliphatic heterocycles. The molecule has 2 N–H and O–H groups in total. The maximum Gasteiger partial charge on any atom is 0.256 e. The van der Waals surface area contributed by atoms with Crippen molar-refractivity contribution >= 4 is 23.3 Å². The number of amides is 2. The van der Waals surface area contributed by atoms with Crippen molar-refractivity contribution in [2.24, 2.45) is 0 Å². The zero-order chi connectivity index (χ0) is 20.2. The standard InChI is InChI=1S/C23H18N4O2/c1-15-12-19(8-7-18-4-2-3-11-24-18)25-21(13-15)27-23(29)17-5-9-20-16(14-17)6-10-22(28)26-20/h2-5,9,11-14H,6,10H2,1H3,(H,26,28)(H,25,27,29). The van der Waals surface area contributed by atoms with Gasteiger partial charge in [-0.15, -0.1) is 0 Å². The third-order valence-corrected chi connectivity index (χ3v) is 4.46. The fourth-order valence-corrected chi connectivity index (χ4v) is 3.07. The summed E-state index contributed by atoms with van der Waals surface area (Å²) in [4.78, 5) is 32.8. The van der Waals surface area contributed by atoms with Crippen LogP contribution in [0.1, 0.15) is 39.3 Å². The SMILES string of the molecule is Cc1cc(C#Cc2ccccn2)nc(NC(=O)c2ccc3c(c2)CCC(=O)N3)c1. The largest absolute Gasteiger partial charge is 0.326 e. The molecule has 0 spiro atoms. The minimum atomic E-state index is -0.258. The van der Waals surface area contributed by atoms with Gasteiger partial charge in [-0.3, -0.25) is 9.59 Å². The molecule has 0 saturated carbocycles. The summed E-state index contributed by atoms with van der Waals surface area (Å²) in [5.74, 6) is 6.13. The summed E-state index contributed by atoms with van der Waals surface area (Å²) in [6.07, 6.45) is 2.73. The number of carbonyl (C=O) groups excluding carboxylic acids is 2. The van der Waals surface area contributed by atoms with Crippen LogP contribution in [0, 0.1) is 18.8 Å². The molecule has 0 unspecified atom stereocenters. The number of rotatable bonds is 2. The zero-order valence-corrected chi connectivity index (χ0v) is 15.8. The minimum Gasteiger partial charge on any atom is -0.326 e. The molecule has 2 amide bonds. The number of aryl methyl sites for hydroxylation is 2. The Balaban J connectivity index is 1.54. The van der Waals surface area contributed by atoms with Crippen LogP contribution in [-0.4, -0.2) is 21.8 Å². The molecule has 29 heavy (non-hydrogen) atoms. The van der Waals surface area contributed by atoms with Crippen LogP contribution in [0.5, 0.6) is 0 Å². The Morgan fingerprint density at radius 2 is 1.93 bits per heavy atom. The molecule has 3 heterocycles. The lowest BCUT2D eigenvalue weighted by molar-refractivity contribution is -0.116. The first-order chi connectivity index (χ1) is 14.1. The van der Waals surface area contributed by atoms with E-state index in [1.807, 2.05) is 37.3 Å². The Morgan fingerprint density at radius 3 is 2.76 bits per heavy atom. The van der Waals surface area contributed by atoms with Gasteiger partial charge in [0.05, 0.1) is 0 Å². The number of nitrogens with one attached hydrogen (secondary N) is 2. The summed E-state index contributed by atoms with van der Waals surface area (Å²) in [6.45, 7) is 1.92. The molecule has 4 rings (SSSR count). The van der Waals surface area contributed by atoms with E-state index in [4.69, 9.17) is 0 Å². The topological polar surface area (TPSA) is 84.0 Å². The second-order valence-electron chi connectivity index (χ2n) is 6.75. The second-order valence-corrected chi connectivity index (χ2v) is 6.75. The van der Waals surface area contributed by atoms with Crippen LogP contribution in [0.15, 0.2) is 54.7 Å². The van der Waals surface area contributed by atoms with Crippen LogP contribution in [0.3, 0.4) is 0 Å². The lowest BCUT2D eigenvalue weighted by atomic mass is 10.00. The minimum absolute atomic E-state index is 0.00185. The Hall–Kier alpha value is -3.98. The van der Waals surface area contributed by atoms with Crippen LogP contribution in [0.25, 0.3) is 0 Å². The summed E-state index contributed by atoms with van der Waals surface area (Å²) >= 11 is 0. The number of aromatic nitrogens is 2. The number of anilines is 2. The molecular weight excluding hydrogens is 364 g/mol. The van der Waals surface area contributed by atoms with Crippen molar-refractivity contribution in [3.63, 3.8) is 0 Å². The Bertz CT molecular complexity index is 1160. The third kappa shape index (κ3) is 4.47. The Morgan fingerprint density at radius 1 is 1.07 bits per heavy atom. The number of pyridine rings is 2. The lowest BCUT2D eigenvalue weighted by Crippen LogP contribution is -2.20. The molecule has 0 fully saturated rings. The van der Waals surface area contributed by atoms with Gasteiger partial charge in [0.1, 0.15) is 17.2 Å². The van der Waals surface area contributed by atoms with E-state index in [0.29, 0.717) is 35.6 Å². The van der Waals surface area contributed by atoms with Crippen LogP contribution in [-0.2, 0) is 11.2 Å². The predicted molar refractivity (Wildman–Crippen MR) is 111 cm³/mol. The Kier molecular flexibility index (Phi) is 5.04. The van der Waals surface area contributed by atoms with E-state index >= 15 is 0 Å². The summed E-state index contributed by atoms with van der Waals surface area (Å²) in [6, 6.07) is 14.4. The quantitative estimate of drug-likeness (QED) is 0.666. The van der Waals surface area contributed by atoms with Gasteiger partial charge in [-0.05, 0) is 78.8 Å². The van der Waals surface area contributed by atoms with Crippen LogP contribution in [0.4, 0.5) is 11.5 Å². The molecule has 1 aromatic carbocycles. The maximum atomic E-state index is 12.7. The van der Waals surface area contributed by atoms with Crippen molar-refractivity contribution < 1.29 is 9.59 Å². The fourth-order valence-electron chi connectivity index (χ4n) is 3.07. The van der Waals surface area contributed by atoms with Crippen molar-refractivity contribution in [1.82, 2.24) is 9.97 Å². The van der Waals surface area contributed by atoms with E-state index < -0.39 is 0 Å². The first-order valence-electron chi connectivity index (χ1n) is 9.23. The van der Waals surface area contributed by atoms with Gasteiger partial charge in [0, 0.05) is 23.9 Å². The normalized spacial score (nSPS) is 12.2. The van der Waals surface area contributed by atoms with Gasteiger partial charge >= 0.3 is 0 Å². The second kappa shape index (κ2) is 7.95. The predicted octanol–water partition coefficient (Wildman–Crippen LogP) is 3.32. The molecule has 6 heteroatoms. The van der Waals surface area contributed by atoms with Gasteiger partial charge in [0.25, 0.3) is 5.91 Å². The Labute approximate surface area is 168 Å². The smallest absolute Gasteiger partial charge is 0.256 e. The highest BCUT2D eigenvalue weighted by Gasteiger charge is 2.17. The van der Waals surface area contributed by atoms with Gasteiger partial charge in [-0.1, -0.05) is 6.07 Å². The van der Waals surface area contributed by atoms with Crippen molar-refractivity contribution in [3.8, 4) is 11.8 Å². The van der Waals surface area contributed by atoms with Crippen molar-refractivity contribution in [2.45, 2.75) is 19.8 Å². The van der Waals surface area contributed by atoms with Crippen LogP contribution in [0.2, 0.25) is 0 Å². The summed E-state index contributed by atoms with van der Waals surface area (Å²) in [5.41, 5.74) is 4.38. The summed E-state index contributed by atoms with van der Waals surface area (Å²) < 4.78 is 0. The highest BCUT2D eigenvalue weighted by Crippen LogP contribution is 2.24. The number of nitrogens with zero attached hydrogens (tertiary/aromatic N) is 2. The maximum absolute atomic E-state index is 12.7. The molecule has 142 valence electrons. The molecule has 0 aliphatic carbocycles. The molecule has 0 atom stereocenters. The number of hydrogen-bond donors (Lipinski definition) is 2. The molecule has 2 aromatic heterocycles.